The molecule has 0 radical (unpaired) electrons. The van der Waals surface area contributed by atoms with Gasteiger partial charge in [0, 0.05) is 18.8 Å². The van der Waals surface area contributed by atoms with Crippen molar-refractivity contribution < 1.29 is 23.9 Å². The van der Waals surface area contributed by atoms with E-state index in [1.165, 1.54) is 0 Å². The number of hydrogen-bond acceptors (Lipinski definition) is 5. The zero-order valence-electron chi connectivity index (χ0n) is 19.7. The number of ether oxygens (including phenoxy) is 1. The monoisotopic (exact) mass is 423 g/mol. The average molecular weight is 424 g/mol. The maximum atomic E-state index is 13.0. The van der Waals surface area contributed by atoms with E-state index in [0.29, 0.717) is 12.8 Å². The molecule has 1 amide bonds. The number of Topliss-reactive ketones (excluding diaryl/α,β-unsaturated/α-hetero) is 2. The Balaban J connectivity index is 3.19. The number of carbonyl (C=O) groups is 4. The fourth-order valence-electron chi connectivity index (χ4n) is 4.00. The van der Waals surface area contributed by atoms with Crippen LogP contribution in [0.2, 0.25) is 0 Å². The summed E-state index contributed by atoms with van der Waals surface area (Å²) in [6.45, 7) is 11.7. The molecule has 172 valence electrons. The van der Waals surface area contributed by atoms with Gasteiger partial charge in [-0.05, 0) is 31.1 Å². The first-order valence-electron chi connectivity index (χ1n) is 11.6. The molecule has 1 rings (SSSR count). The van der Waals surface area contributed by atoms with E-state index in [1.807, 2.05) is 27.7 Å². The Morgan fingerprint density at radius 1 is 1.00 bits per heavy atom. The number of unbranched alkanes of at least 4 members (excludes halogenated alkanes) is 1. The number of cyclic esters (lactones) is 1. The second-order valence-electron chi connectivity index (χ2n) is 9.40. The Hall–Kier alpha value is -1.72. The van der Waals surface area contributed by atoms with Gasteiger partial charge in [0.1, 0.15) is 11.9 Å². The quantitative estimate of drug-likeness (QED) is 0.619. The molecule has 1 aliphatic rings. The van der Waals surface area contributed by atoms with Gasteiger partial charge in [-0.1, -0.05) is 54.4 Å². The lowest BCUT2D eigenvalue weighted by molar-refractivity contribution is -0.160. The number of rotatable bonds is 7. The molecule has 1 fully saturated rings. The molecule has 1 heterocycles. The molecule has 5 atom stereocenters. The molecule has 1 aliphatic heterocycles. The Morgan fingerprint density at radius 3 is 2.23 bits per heavy atom. The van der Waals surface area contributed by atoms with Crippen molar-refractivity contribution in [1.82, 2.24) is 5.32 Å². The third-order valence-corrected chi connectivity index (χ3v) is 6.03. The van der Waals surface area contributed by atoms with Crippen LogP contribution in [0.25, 0.3) is 0 Å². The molecule has 0 saturated carbocycles. The van der Waals surface area contributed by atoms with Gasteiger partial charge in [0.15, 0.2) is 5.78 Å². The molecule has 0 unspecified atom stereocenters. The summed E-state index contributed by atoms with van der Waals surface area (Å²) in [6.07, 6.45) is 3.52. The predicted octanol–water partition coefficient (Wildman–Crippen LogP) is 4.24. The predicted molar refractivity (Wildman–Crippen MR) is 117 cm³/mol. The van der Waals surface area contributed by atoms with Gasteiger partial charge in [0.05, 0.1) is 18.4 Å². The number of esters is 1. The van der Waals surface area contributed by atoms with Crippen LogP contribution in [0.3, 0.4) is 0 Å². The van der Waals surface area contributed by atoms with Crippen LogP contribution in [0.1, 0.15) is 92.9 Å². The van der Waals surface area contributed by atoms with Gasteiger partial charge in [-0.3, -0.25) is 19.2 Å². The van der Waals surface area contributed by atoms with Crippen molar-refractivity contribution in [1.29, 1.82) is 0 Å². The molecule has 6 heteroatoms. The zero-order valence-corrected chi connectivity index (χ0v) is 19.7. The van der Waals surface area contributed by atoms with Crippen molar-refractivity contribution in [3.8, 4) is 0 Å². The van der Waals surface area contributed by atoms with E-state index in [9.17, 15) is 19.2 Å². The lowest BCUT2D eigenvalue weighted by Crippen LogP contribution is -2.43. The molecule has 1 saturated heterocycles. The highest BCUT2D eigenvalue weighted by Crippen LogP contribution is 2.25. The maximum Gasteiger partial charge on any atom is 0.309 e. The van der Waals surface area contributed by atoms with Crippen LogP contribution in [0, 0.1) is 23.7 Å². The molecule has 0 aromatic rings. The first kappa shape index (κ1) is 26.3. The fraction of sp³-hybridized carbons (Fsp3) is 0.833. The molecule has 0 spiro atoms. The van der Waals surface area contributed by atoms with Crippen molar-refractivity contribution in [2.24, 2.45) is 23.7 Å². The van der Waals surface area contributed by atoms with E-state index in [0.717, 1.165) is 19.3 Å². The minimum atomic E-state index is -0.609. The van der Waals surface area contributed by atoms with Gasteiger partial charge in [0.2, 0.25) is 5.91 Å². The van der Waals surface area contributed by atoms with E-state index in [1.54, 1.807) is 6.92 Å². The normalized spacial score (nSPS) is 28.2. The Kier molecular flexibility index (Phi) is 11.3. The average Bonchev–Trinajstić information content (AvgIpc) is 2.68. The summed E-state index contributed by atoms with van der Waals surface area (Å²) in [6, 6.07) is -0.609. The highest BCUT2D eigenvalue weighted by atomic mass is 16.5. The molecule has 30 heavy (non-hydrogen) atoms. The number of carbonyl (C=O) groups excluding carboxylic acids is 4. The molecule has 0 bridgehead atoms. The van der Waals surface area contributed by atoms with Crippen LogP contribution in [-0.2, 0) is 23.9 Å². The van der Waals surface area contributed by atoms with Crippen molar-refractivity contribution in [2.45, 2.75) is 105 Å². The molecule has 0 aliphatic carbocycles. The largest absolute Gasteiger partial charge is 0.461 e. The highest BCUT2D eigenvalue weighted by Gasteiger charge is 2.33. The minimum Gasteiger partial charge on any atom is -0.461 e. The van der Waals surface area contributed by atoms with E-state index in [2.05, 4.69) is 12.2 Å². The smallest absolute Gasteiger partial charge is 0.309 e. The van der Waals surface area contributed by atoms with Crippen molar-refractivity contribution in [3.63, 3.8) is 0 Å². The van der Waals surface area contributed by atoms with Crippen molar-refractivity contribution in [3.05, 3.63) is 0 Å². The summed E-state index contributed by atoms with van der Waals surface area (Å²) in [5.41, 5.74) is 0. The molecule has 0 aromatic heterocycles. The molecule has 6 nitrogen and oxygen atoms in total. The van der Waals surface area contributed by atoms with Crippen LogP contribution in [0.4, 0.5) is 0 Å². The molecular formula is C24H41NO5. The Bertz CT molecular complexity index is 600. The standard InChI is InChI=1S/C24H41NO5/c1-7-9-10-16(5)22-14-23(28)25-19(8-2)21(27)12-17(6)20(26)13-18(11-15(3)4)24(29)30-22/h15-19,22H,7-14H2,1-6H3,(H,25,28)/t16-,17+,18-,19-,22-/m0/s1. The maximum absolute atomic E-state index is 13.0. The molecule has 1 N–H and O–H groups in total. The Morgan fingerprint density at radius 2 is 1.67 bits per heavy atom. The summed E-state index contributed by atoms with van der Waals surface area (Å²) >= 11 is 0. The summed E-state index contributed by atoms with van der Waals surface area (Å²) < 4.78 is 5.85. The van der Waals surface area contributed by atoms with Crippen LogP contribution in [-0.4, -0.2) is 35.6 Å². The topological polar surface area (TPSA) is 89.5 Å². The third kappa shape index (κ3) is 8.57. The second-order valence-corrected chi connectivity index (χ2v) is 9.40. The first-order valence-corrected chi connectivity index (χ1v) is 11.6. The summed E-state index contributed by atoms with van der Waals surface area (Å²) in [7, 11) is 0. The zero-order chi connectivity index (χ0) is 22.8. The Labute approximate surface area is 181 Å². The van der Waals surface area contributed by atoms with Crippen LogP contribution in [0.5, 0.6) is 0 Å². The van der Waals surface area contributed by atoms with E-state index in [4.69, 9.17) is 4.74 Å². The van der Waals surface area contributed by atoms with Gasteiger partial charge in [-0.25, -0.2) is 0 Å². The van der Waals surface area contributed by atoms with E-state index >= 15 is 0 Å². The van der Waals surface area contributed by atoms with E-state index in [-0.39, 0.29) is 48.6 Å². The number of nitrogens with one attached hydrogen (secondary N) is 1. The first-order chi connectivity index (χ1) is 14.1. The van der Waals surface area contributed by atoms with Crippen LogP contribution < -0.4 is 5.32 Å². The van der Waals surface area contributed by atoms with Gasteiger partial charge < -0.3 is 10.1 Å². The number of amides is 1. The third-order valence-electron chi connectivity index (χ3n) is 6.03. The van der Waals surface area contributed by atoms with Crippen molar-refractivity contribution in [2.75, 3.05) is 0 Å². The lowest BCUT2D eigenvalue weighted by atomic mass is 9.86. The molecular weight excluding hydrogens is 382 g/mol. The van der Waals surface area contributed by atoms with Gasteiger partial charge in [-0.2, -0.15) is 0 Å². The van der Waals surface area contributed by atoms with Crippen LogP contribution in [0.15, 0.2) is 0 Å². The van der Waals surface area contributed by atoms with Crippen LogP contribution >= 0.6 is 0 Å². The number of hydrogen-bond donors (Lipinski definition) is 1. The SMILES string of the molecule is CCCC[C@H](C)[C@@H]1CC(=O)N[C@@H](CC)C(=O)C[C@@H](C)C(=O)C[C@H](CC(C)C)C(=O)O1. The van der Waals surface area contributed by atoms with Crippen molar-refractivity contribution >= 4 is 23.4 Å². The second kappa shape index (κ2) is 12.9. The van der Waals surface area contributed by atoms with E-state index < -0.39 is 30.0 Å². The summed E-state index contributed by atoms with van der Waals surface area (Å²) in [5.74, 6) is -1.68. The summed E-state index contributed by atoms with van der Waals surface area (Å²) in [4.78, 5) is 51.1. The minimum absolute atomic E-state index is 0.0230. The summed E-state index contributed by atoms with van der Waals surface area (Å²) in [5, 5.41) is 2.80. The fourth-order valence-corrected chi connectivity index (χ4v) is 4.00. The molecule has 0 aromatic carbocycles. The lowest BCUT2D eigenvalue weighted by Gasteiger charge is -2.27. The van der Waals surface area contributed by atoms with Gasteiger partial charge in [-0.15, -0.1) is 0 Å². The highest BCUT2D eigenvalue weighted by molar-refractivity contribution is 5.94. The number of ketones is 2. The van der Waals surface area contributed by atoms with Gasteiger partial charge in [0.25, 0.3) is 0 Å². The van der Waals surface area contributed by atoms with Gasteiger partial charge >= 0.3 is 5.97 Å².